The average molecular weight is 335 g/mol. The number of halogens is 1. The minimum atomic E-state index is 0.151. The number of rotatable bonds is 4. The van der Waals surface area contributed by atoms with E-state index >= 15 is 0 Å². The number of benzene rings is 2. The Kier molecular flexibility index (Phi) is 4.83. The molecule has 0 fully saturated rings. The van der Waals surface area contributed by atoms with Crippen LogP contribution in [-0.2, 0) is 0 Å². The van der Waals surface area contributed by atoms with E-state index in [2.05, 4.69) is 48.0 Å². The summed E-state index contributed by atoms with van der Waals surface area (Å²) in [5.74, 6) is 0.616. The van der Waals surface area contributed by atoms with Gasteiger partial charge in [-0.25, -0.2) is 0 Å². The van der Waals surface area contributed by atoms with Gasteiger partial charge in [-0.15, -0.1) is 11.8 Å². The molecular weight excluding hydrogens is 320 g/mol. The van der Waals surface area contributed by atoms with E-state index in [1.165, 1.54) is 16.0 Å². The van der Waals surface area contributed by atoms with Gasteiger partial charge in [-0.3, -0.25) is 4.79 Å². The Morgan fingerprint density at radius 1 is 1.16 bits per heavy atom. The molecule has 0 unspecified atom stereocenters. The molecule has 0 aliphatic heterocycles. The van der Waals surface area contributed by atoms with E-state index in [-0.39, 0.29) is 5.78 Å². The minimum absolute atomic E-state index is 0.151. The molecule has 19 heavy (non-hydrogen) atoms. The number of hydrogen-bond donors (Lipinski definition) is 0. The second-order valence-corrected chi connectivity index (χ2v) is 6.33. The van der Waals surface area contributed by atoms with Crippen LogP contribution in [0.3, 0.4) is 0 Å². The minimum Gasteiger partial charge on any atom is -0.293 e. The first kappa shape index (κ1) is 14.4. The lowest BCUT2D eigenvalue weighted by molar-refractivity contribution is 0.102. The lowest BCUT2D eigenvalue weighted by Crippen LogP contribution is -2.03. The highest BCUT2D eigenvalue weighted by Crippen LogP contribution is 2.25. The number of carbonyl (C=O) groups is 1. The topological polar surface area (TPSA) is 17.1 Å². The Labute approximate surface area is 126 Å². The highest BCUT2D eigenvalue weighted by Gasteiger charge is 2.10. The van der Waals surface area contributed by atoms with Crippen LogP contribution >= 0.6 is 27.7 Å². The normalized spacial score (nSPS) is 10.5. The Morgan fingerprint density at radius 2 is 1.89 bits per heavy atom. The van der Waals surface area contributed by atoms with E-state index in [0.717, 1.165) is 10.0 Å². The summed E-state index contributed by atoms with van der Waals surface area (Å²) in [5.41, 5.74) is 3.19. The fourth-order valence-corrected chi connectivity index (χ4v) is 3.28. The van der Waals surface area contributed by atoms with Gasteiger partial charge < -0.3 is 0 Å². The fraction of sp³-hybridized carbons (Fsp3) is 0.188. The van der Waals surface area contributed by atoms with Crippen LogP contribution < -0.4 is 0 Å². The maximum absolute atomic E-state index is 12.2. The average Bonchev–Trinajstić information content (AvgIpc) is 2.40. The molecule has 0 amide bonds. The molecule has 0 aliphatic carbocycles. The van der Waals surface area contributed by atoms with Gasteiger partial charge in [0, 0.05) is 14.9 Å². The van der Waals surface area contributed by atoms with Crippen molar-refractivity contribution < 1.29 is 4.79 Å². The molecular formula is C16H15BrOS. The van der Waals surface area contributed by atoms with Gasteiger partial charge >= 0.3 is 0 Å². The monoisotopic (exact) mass is 334 g/mol. The molecule has 1 nitrogen and oxygen atoms in total. The largest absolute Gasteiger partial charge is 0.293 e. The van der Waals surface area contributed by atoms with Crippen molar-refractivity contribution in [3.05, 3.63) is 63.6 Å². The number of Topliss-reactive ketones (excluding diaryl/α,β-unsaturated/α-hetero) is 1. The Balaban J connectivity index is 2.09. The van der Waals surface area contributed by atoms with Crippen molar-refractivity contribution in [1.82, 2.24) is 0 Å². The smallest absolute Gasteiger partial charge is 0.174 e. The van der Waals surface area contributed by atoms with Crippen molar-refractivity contribution in [2.75, 3.05) is 5.75 Å². The zero-order valence-corrected chi connectivity index (χ0v) is 13.3. The van der Waals surface area contributed by atoms with E-state index in [0.29, 0.717) is 5.75 Å². The predicted octanol–water partition coefficient (Wildman–Crippen LogP) is 5.04. The molecule has 0 radical (unpaired) electrons. The first-order valence-corrected chi connectivity index (χ1v) is 7.83. The predicted molar refractivity (Wildman–Crippen MR) is 85.1 cm³/mol. The van der Waals surface area contributed by atoms with Gasteiger partial charge in [0.05, 0.1) is 5.75 Å². The standard InChI is InChI=1S/C16H15BrOS/c1-11-7-8-12(2)16(9-11)19-10-15(18)13-5-3-4-6-14(13)17/h3-9H,10H2,1-2H3. The third-order valence-electron chi connectivity index (χ3n) is 2.88. The molecule has 2 aromatic carbocycles. The van der Waals surface area contributed by atoms with Gasteiger partial charge in [0.2, 0.25) is 0 Å². The van der Waals surface area contributed by atoms with Crippen molar-refractivity contribution in [2.45, 2.75) is 18.7 Å². The number of carbonyl (C=O) groups excluding carboxylic acids is 1. The second kappa shape index (κ2) is 6.40. The highest BCUT2D eigenvalue weighted by atomic mass is 79.9. The third-order valence-corrected chi connectivity index (χ3v) is 4.73. The number of thioether (sulfide) groups is 1. The van der Waals surface area contributed by atoms with Crippen LogP contribution in [-0.4, -0.2) is 11.5 Å². The lowest BCUT2D eigenvalue weighted by atomic mass is 10.1. The van der Waals surface area contributed by atoms with Crippen molar-refractivity contribution in [3.8, 4) is 0 Å². The Bertz CT molecular complexity index is 607. The summed E-state index contributed by atoms with van der Waals surface area (Å²) in [6.45, 7) is 4.14. The number of aryl methyl sites for hydroxylation is 2. The number of ketones is 1. The first-order valence-electron chi connectivity index (χ1n) is 6.05. The molecule has 0 heterocycles. The van der Waals surface area contributed by atoms with Gasteiger partial charge in [0.1, 0.15) is 0 Å². The first-order chi connectivity index (χ1) is 9.08. The van der Waals surface area contributed by atoms with E-state index in [4.69, 9.17) is 0 Å². The quantitative estimate of drug-likeness (QED) is 0.575. The van der Waals surface area contributed by atoms with Gasteiger partial charge in [-0.2, -0.15) is 0 Å². The molecule has 0 spiro atoms. The molecule has 0 N–H and O–H groups in total. The zero-order valence-electron chi connectivity index (χ0n) is 10.9. The molecule has 3 heteroatoms. The molecule has 0 aliphatic rings. The molecule has 2 aromatic rings. The molecule has 0 bridgehead atoms. The van der Waals surface area contributed by atoms with E-state index in [1.807, 2.05) is 24.3 Å². The van der Waals surface area contributed by atoms with Crippen molar-refractivity contribution in [2.24, 2.45) is 0 Å². The summed E-state index contributed by atoms with van der Waals surface area (Å²) >= 11 is 5.02. The zero-order chi connectivity index (χ0) is 13.8. The summed E-state index contributed by atoms with van der Waals surface area (Å²) in [7, 11) is 0. The molecule has 0 aromatic heterocycles. The van der Waals surface area contributed by atoms with Crippen LogP contribution in [0.25, 0.3) is 0 Å². The number of hydrogen-bond acceptors (Lipinski definition) is 2. The van der Waals surface area contributed by atoms with Crippen LogP contribution in [0.1, 0.15) is 21.5 Å². The second-order valence-electron chi connectivity index (χ2n) is 4.46. The van der Waals surface area contributed by atoms with Crippen LogP contribution in [0.5, 0.6) is 0 Å². The van der Waals surface area contributed by atoms with Gasteiger partial charge in [-0.1, -0.05) is 51.8 Å². The Morgan fingerprint density at radius 3 is 2.63 bits per heavy atom. The summed E-state index contributed by atoms with van der Waals surface area (Å²) in [4.78, 5) is 13.4. The van der Waals surface area contributed by atoms with Crippen LogP contribution in [0, 0.1) is 13.8 Å². The van der Waals surface area contributed by atoms with Crippen LogP contribution in [0.15, 0.2) is 51.8 Å². The SMILES string of the molecule is Cc1ccc(C)c(SCC(=O)c2ccccc2Br)c1. The maximum atomic E-state index is 12.2. The van der Waals surface area contributed by atoms with Gasteiger partial charge in [-0.05, 0) is 31.5 Å². The van der Waals surface area contributed by atoms with Crippen LogP contribution in [0.4, 0.5) is 0 Å². The molecule has 0 saturated carbocycles. The summed E-state index contributed by atoms with van der Waals surface area (Å²) in [6.07, 6.45) is 0. The lowest BCUT2D eigenvalue weighted by Gasteiger charge is -2.07. The van der Waals surface area contributed by atoms with Gasteiger partial charge in [0.15, 0.2) is 5.78 Å². The fourth-order valence-electron chi connectivity index (χ4n) is 1.77. The Hall–Kier alpha value is -1.06. The van der Waals surface area contributed by atoms with Crippen LogP contribution in [0.2, 0.25) is 0 Å². The summed E-state index contributed by atoms with van der Waals surface area (Å²) in [6, 6.07) is 13.9. The van der Waals surface area contributed by atoms with E-state index in [1.54, 1.807) is 11.8 Å². The van der Waals surface area contributed by atoms with Gasteiger partial charge in [0.25, 0.3) is 0 Å². The summed E-state index contributed by atoms with van der Waals surface area (Å²) < 4.78 is 0.863. The molecule has 0 atom stereocenters. The van der Waals surface area contributed by atoms with Crippen molar-refractivity contribution in [1.29, 1.82) is 0 Å². The van der Waals surface area contributed by atoms with E-state index < -0.39 is 0 Å². The molecule has 0 saturated heterocycles. The summed E-state index contributed by atoms with van der Waals surface area (Å²) in [5, 5.41) is 0. The van der Waals surface area contributed by atoms with Crippen molar-refractivity contribution >= 4 is 33.5 Å². The molecule has 98 valence electrons. The molecule has 2 rings (SSSR count). The maximum Gasteiger partial charge on any atom is 0.174 e. The van der Waals surface area contributed by atoms with Crippen molar-refractivity contribution in [3.63, 3.8) is 0 Å². The third kappa shape index (κ3) is 3.71. The highest BCUT2D eigenvalue weighted by molar-refractivity contribution is 9.10. The van der Waals surface area contributed by atoms with E-state index in [9.17, 15) is 4.79 Å².